The summed E-state index contributed by atoms with van der Waals surface area (Å²) in [7, 11) is 1.69. The normalized spacial score (nSPS) is 10.5. The molecule has 9 heteroatoms. The van der Waals surface area contributed by atoms with Crippen molar-refractivity contribution in [3.8, 4) is 11.5 Å². The van der Waals surface area contributed by atoms with Gasteiger partial charge in [-0.25, -0.2) is 0 Å². The lowest BCUT2D eigenvalue weighted by atomic mass is 10.2. The van der Waals surface area contributed by atoms with Crippen molar-refractivity contribution in [2.45, 2.75) is 6.92 Å². The lowest BCUT2D eigenvalue weighted by Gasteiger charge is -2.11. The molecule has 0 aliphatic carbocycles. The van der Waals surface area contributed by atoms with Gasteiger partial charge in [0.05, 0.1) is 28.4 Å². The molecule has 1 amide bonds. The van der Waals surface area contributed by atoms with E-state index in [-0.39, 0.29) is 17.1 Å². The molecule has 0 atom stereocenters. The van der Waals surface area contributed by atoms with Gasteiger partial charge in [-0.1, -0.05) is 11.6 Å². The second kappa shape index (κ2) is 7.46. The second-order valence-electron chi connectivity index (χ2n) is 5.84. The molecule has 0 radical (unpaired) electrons. The van der Waals surface area contributed by atoms with Crippen LogP contribution in [0.2, 0.25) is 5.02 Å². The molecule has 0 bridgehead atoms. The van der Waals surface area contributed by atoms with E-state index in [4.69, 9.17) is 16.3 Å². The predicted molar refractivity (Wildman–Crippen MR) is 101 cm³/mol. The van der Waals surface area contributed by atoms with Crippen molar-refractivity contribution in [3.05, 3.63) is 75.1 Å². The minimum atomic E-state index is -0.554. The quantitative estimate of drug-likeness (QED) is 0.519. The number of anilines is 1. The minimum Gasteiger partial charge on any atom is -0.457 e. The van der Waals surface area contributed by atoms with Crippen LogP contribution in [0.15, 0.2) is 48.8 Å². The fourth-order valence-electron chi connectivity index (χ4n) is 2.42. The summed E-state index contributed by atoms with van der Waals surface area (Å²) in [6.45, 7) is 1.81. The number of nitrogens with zero attached hydrogens (tertiary/aromatic N) is 3. The van der Waals surface area contributed by atoms with Crippen molar-refractivity contribution in [2.24, 2.45) is 7.05 Å². The van der Waals surface area contributed by atoms with E-state index in [1.54, 1.807) is 31.4 Å². The number of carbonyl (C=O) groups is 1. The van der Waals surface area contributed by atoms with Crippen molar-refractivity contribution in [1.82, 2.24) is 9.78 Å². The molecule has 3 rings (SSSR count). The van der Waals surface area contributed by atoms with Crippen LogP contribution >= 0.6 is 11.6 Å². The van der Waals surface area contributed by atoms with Gasteiger partial charge in [0.25, 0.3) is 11.6 Å². The Morgan fingerprint density at radius 2 is 2.07 bits per heavy atom. The van der Waals surface area contributed by atoms with Crippen LogP contribution in [0.5, 0.6) is 11.5 Å². The van der Waals surface area contributed by atoms with Crippen LogP contribution < -0.4 is 10.1 Å². The molecule has 27 heavy (non-hydrogen) atoms. The first kappa shape index (κ1) is 18.4. The highest BCUT2D eigenvalue weighted by atomic mass is 35.5. The standard InChI is InChI=1S/C18H15ClN4O4/c1-11-5-13(19)3-4-17(11)27-16-7-14(6-15(8-16)23(25)26)21-18(24)12-9-20-22(2)10-12/h3-10H,1-2H3,(H,21,24). The molecule has 0 aliphatic heterocycles. The molecule has 1 N–H and O–H groups in total. The number of nitrogens with one attached hydrogen (secondary N) is 1. The number of aryl methyl sites for hydroxylation is 2. The van der Waals surface area contributed by atoms with Gasteiger partial charge in [-0.2, -0.15) is 5.10 Å². The Kier molecular flexibility index (Phi) is 5.09. The van der Waals surface area contributed by atoms with Gasteiger partial charge in [-0.15, -0.1) is 0 Å². The van der Waals surface area contributed by atoms with E-state index >= 15 is 0 Å². The Morgan fingerprint density at radius 1 is 1.30 bits per heavy atom. The zero-order valence-electron chi connectivity index (χ0n) is 14.5. The first-order valence-electron chi connectivity index (χ1n) is 7.85. The number of benzene rings is 2. The largest absolute Gasteiger partial charge is 0.457 e. The van der Waals surface area contributed by atoms with Crippen molar-refractivity contribution < 1.29 is 14.5 Å². The van der Waals surface area contributed by atoms with Crippen molar-refractivity contribution in [1.29, 1.82) is 0 Å². The maximum atomic E-state index is 12.3. The van der Waals surface area contributed by atoms with Crippen molar-refractivity contribution in [2.75, 3.05) is 5.32 Å². The van der Waals surface area contributed by atoms with Crippen LogP contribution in [0.4, 0.5) is 11.4 Å². The molecule has 0 aliphatic rings. The number of ether oxygens (including phenoxy) is 1. The molecule has 0 saturated carbocycles. The summed E-state index contributed by atoms with van der Waals surface area (Å²) in [5.74, 6) is 0.290. The molecule has 8 nitrogen and oxygen atoms in total. The highest BCUT2D eigenvalue weighted by molar-refractivity contribution is 6.30. The van der Waals surface area contributed by atoms with Gasteiger partial charge in [-0.3, -0.25) is 19.6 Å². The molecule has 1 aromatic heterocycles. The Labute approximate surface area is 159 Å². The first-order chi connectivity index (χ1) is 12.8. The number of hydrogen-bond donors (Lipinski definition) is 1. The number of amides is 1. The molecule has 0 saturated heterocycles. The van der Waals surface area contributed by atoms with E-state index in [0.29, 0.717) is 16.3 Å². The molecule has 2 aromatic carbocycles. The second-order valence-corrected chi connectivity index (χ2v) is 6.28. The van der Waals surface area contributed by atoms with Gasteiger partial charge in [0.2, 0.25) is 0 Å². The zero-order chi connectivity index (χ0) is 19.6. The molecule has 0 spiro atoms. The Morgan fingerprint density at radius 3 is 2.70 bits per heavy atom. The third-order valence-corrected chi connectivity index (χ3v) is 3.93. The number of halogens is 1. The fourth-order valence-corrected chi connectivity index (χ4v) is 2.64. The molecule has 3 aromatic rings. The average molecular weight is 387 g/mol. The third kappa shape index (κ3) is 4.42. The van der Waals surface area contributed by atoms with Gasteiger partial charge in [0, 0.05) is 30.4 Å². The van der Waals surface area contributed by atoms with E-state index in [1.165, 1.54) is 29.1 Å². The number of rotatable bonds is 5. The fraction of sp³-hybridized carbons (Fsp3) is 0.111. The number of nitro benzene ring substituents is 1. The van der Waals surface area contributed by atoms with Crippen molar-refractivity contribution in [3.63, 3.8) is 0 Å². The number of hydrogen-bond acceptors (Lipinski definition) is 5. The molecule has 1 heterocycles. The van der Waals surface area contributed by atoms with Crippen LogP contribution in [0.1, 0.15) is 15.9 Å². The summed E-state index contributed by atoms with van der Waals surface area (Å²) >= 11 is 5.93. The number of non-ortho nitro benzene ring substituents is 1. The molecule has 0 unspecified atom stereocenters. The SMILES string of the molecule is Cc1cc(Cl)ccc1Oc1cc(NC(=O)c2cnn(C)c2)cc([N+](=O)[O-])c1. The lowest BCUT2D eigenvalue weighted by Crippen LogP contribution is -2.11. The minimum absolute atomic E-state index is 0.208. The number of carbonyl (C=O) groups excluding carboxylic acids is 1. The Bertz CT molecular complexity index is 1030. The monoisotopic (exact) mass is 386 g/mol. The maximum absolute atomic E-state index is 12.3. The third-order valence-electron chi connectivity index (χ3n) is 3.69. The smallest absolute Gasteiger partial charge is 0.275 e. The van der Waals surface area contributed by atoms with Gasteiger partial charge < -0.3 is 10.1 Å². The molecule has 0 fully saturated rings. The molecular weight excluding hydrogens is 372 g/mol. The van der Waals surface area contributed by atoms with Gasteiger partial charge in [0.1, 0.15) is 11.5 Å². The van der Waals surface area contributed by atoms with E-state index in [9.17, 15) is 14.9 Å². The Hall–Kier alpha value is -3.39. The van der Waals surface area contributed by atoms with Crippen LogP contribution in [-0.4, -0.2) is 20.6 Å². The van der Waals surface area contributed by atoms with Gasteiger partial charge in [0.15, 0.2) is 0 Å². The van der Waals surface area contributed by atoms with Crippen molar-refractivity contribution >= 4 is 28.9 Å². The predicted octanol–water partition coefficient (Wildman–Crippen LogP) is 4.33. The van der Waals surface area contributed by atoms with Crippen LogP contribution in [0.3, 0.4) is 0 Å². The van der Waals surface area contributed by atoms with E-state index in [1.807, 2.05) is 6.92 Å². The van der Waals surface area contributed by atoms with E-state index in [2.05, 4.69) is 10.4 Å². The van der Waals surface area contributed by atoms with Gasteiger partial charge >= 0.3 is 0 Å². The van der Waals surface area contributed by atoms with E-state index < -0.39 is 10.8 Å². The summed E-state index contributed by atoms with van der Waals surface area (Å²) < 4.78 is 7.24. The Balaban J connectivity index is 1.90. The van der Waals surface area contributed by atoms with E-state index in [0.717, 1.165) is 5.56 Å². The maximum Gasteiger partial charge on any atom is 0.275 e. The molecular formula is C18H15ClN4O4. The van der Waals surface area contributed by atoms with Crippen LogP contribution in [0.25, 0.3) is 0 Å². The van der Waals surface area contributed by atoms with Crippen LogP contribution in [0, 0.1) is 17.0 Å². The highest BCUT2D eigenvalue weighted by Gasteiger charge is 2.15. The summed E-state index contributed by atoms with van der Waals surface area (Å²) in [5.41, 5.74) is 1.13. The number of aromatic nitrogens is 2. The lowest BCUT2D eigenvalue weighted by molar-refractivity contribution is -0.384. The summed E-state index contributed by atoms with van der Waals surface area (Å²) in [4.78, 5) is 23.0. The average Bonchev–Trinajstić information content (AvgIpc) is 3.04. The summed E-state index contributed by atoms with van der Waals surface area (Å²) in [6, 6.07) is 9.11. The summed E-state index contributed by atoms with van der Waals surface area (Å²) in [5, 5.41) is 18.3. The van der Waals surface area contributed by atoms with Gasteiger partial charge in [-0.05, 0) is 30.7 Å². The zero-order valence-corrected chi connectivity index (χ0v) is 15.2. The first-order valence-corrected chi connectivity index (χ1v) is 8.23. The molecule has 138 valence electrons. The summed E-state index contributed by atoms with van der Waals surface area (Å²) in [6.07, 6.45) is 2.95. The topological polar surface area (TPSA) is 99.3 Å². The van der Waals surface area contributed by atoms with Crippen LogP contribution in [-0.2, 0) is 7.05 Å². The highest BCUT2D eigenvalue weighted by Crippen LogP contribution is 2.32. The number of nitro groups is 1.